The SMILES string of the molecule is Cc1cc(NC[C@@H](O)c2cccc(F)c2)n2nc(C)c(C)c2n1. The van der Waals surface area contributed by atoms with Gasteiger partial charge in [0.05, 0.1) is 11.8 Å². The van der Waals surface area contributed by atoms with Crippen LogP contribution in [0.2, 0.25) is 0 Å². The third kappa shape index (κ3) is 3.03. The molecular formula is C17H19FN4O. The summed E-state index contributed by atoms with van der Waals surface area (Å²) in [5.41, 5.74) is 4.14. The Morgan fingerprint density at radius 2 is 2.04 bits per heavy atom. The molecular weight excluding hydrogens is 295 g/mol. The first-order valence-electron chi connectivity index (χ1n) is 7.46. The average Bonchev–Trinajstić information content (AvgIpc) is 2.80. The van der Waals surface area contributed by atoms with Gasteiger partial charge in [-0.3, -0.25) is 0 Å². The van der Waals surface area contributed by atoms with Crippen LogP contribution < -0.4 is 5.32 Å². The van der Waals surface area contributed by atoms with Crippen molar-refractivity contribution in [2.24, 2.45) is 0 Å². The van der Waals surface area contributed by atoms with Crippen molar-refractivity contribution in [3.8, 4) is 0 Å². The zero-order valence-electron chi connectivity index (χ0n) is 13.3. The number of aliphatic hydroxyl groups is 1. The second kappa shape index (κ2) is 5.96. The molecule has 0 aliphatic rings. The van der Waals surface area contributed by atoms with Gasteiger partial charge in [-0.15, -0.1) is 0 Å². The summed E-state index contributed by atoms with van der Waals surface area (Å²) in [6, 6.07) is 7.85. The lowest BCUT2D eigenvalue weighted by atomic mass is 10.1. The fraction of sp³-hybridized carbons (Fsp3) is 0.294. The summed E-state index contributed by atoms with van der Waals surface area (Å²) in [6.07, 6.45) is -0.813. The molecule has 0 saturated heterocycles. The van der Waals surface area contributed by atoms with Gasteiger partial charge in [0.25, 0.3) is 0 Å². The normalized spacial score (nSPS) is 12.6. The van der Waals surface area contributed by atoms with Crippen LogP contribution in [0.25, 0.3) is 5.65 Å². The van der Waals surface area contributed by atoms with Crippen molar-refractivity contribution >= 4 is 11.5 Å². The number of aliphatic hydroxyl groups excluding tert-OH is 1. The summed E-state index contributed by atoms with van der Waals surface area (Å²) < 4.78 is 15.0. The van der Waals surface area contributed by atoms with Gasteiger partial charge in [-0.05, 0) is 38.5 Å². The third-order valence-electron chi connectivity index (χ3n) is 3.89. The number of hydrogen-bond donors (Lipinski definition) is 2. The Morgan fingerprint density at radius 3 is 2.78 bits per heavy atom. The second-order valence-electron chi connectivity index (χ2n) is 5.68. The third-order valence-corrected chi connectivity index (χ3v) is 3.89. The van der Waals surface area contributed by atoms with E-state index in [1.807, 2.05) is 26.8 Å². The van der Waals surface area contributed by atoms with E-state index in [0.717, 1.165) is 28.4 Å². The summed E-state index contributed by atoms with van der Waals surface area (Å²) in [4.78, 5) is 4.50. The van der Waals surface area contributed by atoms with Crippen molar-refractivity contribution in [3.63, 3.8) is 0 Å². The Hall–Kier alpha value is -2.47. The Kier molecular flexibility index (Phi) is 4.00. The summed E-state index contributed by atoms with van der Waals surface area (Å²) in [5.74, 6) is 0.390. The van der Waals surface area contributed by atoms with Crippen LogP contribution in [-0.4, -0.2) is 26.2 Å². The molecule has 2 aromatic heterocycles. The molecule has 23 heavy (non-hydrogen) atoms. The van der Waals surface area contributed by atoms with Gasteiger partial charge in [0, 0.05) is 23.9 Å². The van der Waals surface area contributed by atoms with E-state index < -0.39 is 6.10 Å². The number of nitrogens with zero attached hydrogens (tertiary/aromatic N) is 3. The van der Waals surface area contributed by atoms with Gasteiger partial charge >= 0.3 is 0 Å². The van der Waals surface area contributed by atoms with Gasteiger partial charge in [0.15, 0.2) is 5.65 Å². The first-order chi connectivity index (χ1) is 11.0. The molecule has 2 N–H and O–H groups in total. The molecule has 0 radical (unpaired) electrons. The lowest BCUT2D eigenvalue weighted by Gasteiger charge is -2.14. The van der Waals surface area contributed by atoms with E-state index in [9.17, 15) is 9.50 Å². The van der Waals surface area contributed by atoms with E-state index in [1.54, 1.807) is 16.6 Å². The van der Waals surface area contributed by atoms with E-state index in [0.29, 0.717) is 5.56 Å². The molecule has 3 rings (SSSR count). The molecule has 6 heteroatoms. The fourth-order valence-corrected chi connectivity index (χ4v) is 2.51. The first kappa shape index (κ1) is 15.4. The number of fused-ring (bicyclic) bond motifs is 1. The van der Waals surface area contributed by atoms with Crippen molar-refractivity contribution in [1.82, 2.24) is 14.6 Å². The average molecular weight is 314 g/mol. The maximum Gasteiger partial charge on any atom is 0.160 e. The summed E-state index contributed by atoms with van der Waals surface area (Å²) in [5, 5.41) is 17.9. The minimum absolute atomic E-state index is 0.250. The maximum atomic E-state index is 13.2. The van der Waals surface area contributed by atoms with Crippen LogP contribution >= 0.6 is 0 Å². The number of nitrogens with one attached hydrogen (secondary N) is 1. The van der Waals surface area contributed by atoms with Crippen molar-refractivity contribution in [3.05, 3.63) is 58.7 Å². The molecule has 120 valence electrons. The van der Waals surface area contributed by atoms with Gasteiger partial charge < -0.3 is 10.4 Å². The molecule has 0 amide bonds. The predicted molar refractivity (Wildman–Crippen MR) is 87.0 cm³/mol. The van der Waals surface area contributed by atoms with Crippen molar-refractivity contribution in [2.45, 2.75) is 26.9 Å². The highest BCUT2D eigenvalue weighted by atomic mass is 19.1. The quantitative estimate of drug-likeness (QED) is 0.777. The molecule has 0 saturated carbocycles. The van der Waals surface area contributed by atoms with Gasteiger partial charge in [-0.1, -0.05) is 12.1 Å². The topological polar surface area (TPSA) is 62.5 Å². The van der Waals surface area contributed by atoms with Crippen LogP contribution in [0.3, 0.4) is 0 Å². The number of benzene rings is 1. The van der Waals surface area contributed by atoms with E-state index in [1.165, 1.54) is 12.1 Å². The standard InChI is InChI=1S/C17H19FN4O/c1-10-7-16(22-17(20-10)11(2)12(3)21-22)19-9-15(23)13-5-4-6-14(18)8-13/h4-8,15,19,23H,9H2,1-3H3/t15-/m1/s1. The second-order valence-corrected chi connectivity index (χ2v) is 5.68. The minimum atomic E-state index is -0.813. The minimum Gasteiger partial charge on any atom is -0.387 e. The lowest BCUT2D eigenvalue weighted by molar-refractivity contribution is 0.191. The van der Waals surface area contributed by atoms with E-state index >= 15 is 0 Å². The number of rotatable bonds is 4. The molecule has 1 aromatic carbocycles. The highest BCUT2D eigenvalue weighted by Crippen LogP contribution is 2.20. The predicted octanol–water partition coefficient (Wildman–Crippen LogP) is 2.94. The number of hydrogen-bond acceptors (Lipinski definition) is 4. The van der Waals surface area contributed by atoms with Crippen LogP contribution in [0.4, 0.5) is 10.2 Å². The molecule has 5 nitrogen and oxygen atoms in total. The Labute approximate surface area is 133 Å². The van der Waals surface area contributed by atoms with Crippen LogP contribution in [-0.2, 0) is 0 Å². The number of anilines is 1. The summed E-state index contributed by atoms with van der Waals surface area (Å²) in [7, 11) is 0. The number of aromatic nitrogens is 3. The van der Waals surface area contributed by atoms with Crippen LogP contribution in [0.1, 0.15) is 28.6 Å². The van der Waals surface area contributed by atoms with Crippen molar-refractivity contribution < 1.29 is 9.50 Å². The molecule has 0 aliphatic carbocycles. The number of halogens is 1. The lowest BCUT2D eigenvalue weighted by Crippen LogP contribution is -2.15. The van der Waals surface area contributed by atoms with E-state index in [2.05, 4.69) is 15.4 Å². The molecule has 0 aliphatic heterocycles. The molecule has 0 bridgehead atoms. The highest BCUT2D eigenvalue weighted by molar-refractivity contribution is 5.55. The highest BCUT2D eigenvalue weighted by Gasteiger charge is 2.13. The van der Waals surface area contributed by atoms with E-state index in [-0.39, 0.29) is 12.4 Å². The van der Waals surface area contributed by atoms with Crippen LogP contribution in [0, 0.1) is 26.6 Å². The molecule has 0 unspecified atom stereocenters. The molecule has 1 atom stereocenters. The molecule has 3 aromatic rings. The zero-order chi connectivity index (χ0) is 16.6. The van der Waals surface area contributed by atoms with Crippen LogP contribution in [0.15, 0.2) is 30.3 Å². The largest absolute Gasteiger partial charge is 0.387 e. The summed E-state index contributed by atoms with van der Waals surface area (Å²) >= 11 is 0. The van der Waals surface area contributed by atoms with Gasteiger partial charge in [-0.2, -0.15) is 9.61 Å². The smallest absolute Gasteiger partial charge is 0.160 e. The zero-order valence-corrected chi connectivity index (χ0v) is 13.3. The van der Waals surface area contributed by atoms with Gasteiger partial charge in [0.2, 0.25) is 0 Å². The molecule has 2 heterocycles. The first-order valence-corrected chi connectivity index (χ1v) is 7.46. The summed E-state index contributed by atoms with van der Waals surface area (Å²) in [6.45, 7) is 6.08. The van der Waals surface area contributed by atoms with Crippen molar-refractivity contribution in [2.75, 3.05) is 11.9 Å². The molecule has 0 fully saturated rings. The Bertz CT molecular complexity index is 859. The fourth-order valence-electron chi connectivity index (χ4n) is 2.51. The van der Waals surface area contributed by atoms with Gasteiger partial charge in [0.1, 0.15) is 11.6 Å². The monoisotopic (exact) mass is 314 g/mol. The van der Waals surface area contributed by atoms with E-state index in [4.69, 9.17) is 0 Å². The number of aryl methyl sites for hydroxylation is 3. The molecule has 0 spiro atoms. The maximum absolute atomic E-state index is 13.2. The Balaban J connectivity index is 1.86. The Morgan fingerprint density at radius 1 is 1.26 bits per heavy atom. The van der Waals surface area contributed by atoms with Gasteiger partial charge in [-0.25, -0.2) is 9.37 Å². The van der Waals surface area contributed by atoms with Crippen LogP contribution in [0.5, 0.6) is 0 Å². The van der Waals surface area contributed by atoms with Crippen molar-refractivity contribution in [1.29, 1.82) is 0 Å².